The molecule has 98 valence electrons. The first-order valence-electron chi connectivity index (χ1n) is 7.06. The van der Waals surface area contributed by atoms with Gasteiger partial charge in [0.1, 0.15) is 0 Å². The molecular weight excluding hydrogens is 240 g/mol. The van der Waals surface area contributed by atoms with E-state index in [2.05, 4.69) is 73.3 Å². The van der Waals surface area contributed by atoms with Crippen LogP contribution >= 0.6 is 0 Å². The average Bonchev–Trinajstić information content (AvgIpc) is 3.02. The predicted octanol–water partition coefficient (Wildman–Crippen LogP) is 5.69. The second kappa shape index (κ2) is 5.75. The van der Waals surface area contributed by atoms with Gasteiger partial charge in [-0.2, -0.15) is 0 Å². The molecule has 0 aromatic heterocycles. The highest BCUT2D eigenvalue weighted by Gasteiger charge is 2.07. The van der Waals surface area contributed by atoms with Crippen molar-refractivity contribution in [2.45, 2.75) is 12.8 Å². The first-order chi connectivity index (χ1) is 9.88. The van der Waals surface area contributed by atoms with Gasteiger partial charge in [-0.05, 0) is 46.4 Å². The Kier molecular flexibility index (Phi) is 3.64. The third-order valence-electron chi connectivity index (χ3n) is 3.71. The lowest BCUT2D eigenvalue weighted by atomic mass is 9.94. The molecule has 0 heterocycles. The van der Waals surface area contributed by atoms with E-state index in [9.17, 15) is 0 Å². The van der Waals surface area contributed by atoms with Crippen molar-refractivity contribution >= 4 is 16.3 Å². The molecule has 0 atom stereocenters. The molecule has 20 heavy (non-hydrogen) atoms. The fraction of sp³-hybridized carbons (Fsp3) is 0.100. The van der Waals surface area contributed by atoms with Crippen LogP contribution in [-0.4, -0.2) is 0 Å². The third-order valence-corrected chi connectivity index (χ3v) is 3.71. The SMILES string of the molecule is C=CCCC(=C1C=CC=C1)c1ccc2ccccc2c1. The van der Waals surface area contributed by atoms with Crippen molar-refractivity contribution in [2.75, 3.05) is 0 Å². The molecule has 1 aliphatic rings. The number of hydrogen-bond donors (Lipinski definition) is 0. The molecule has 2 aromatic carbocycles. The molecule has 0 aliphatic heterocycles. The molecular formula is C20H18. The predicted molar refractivity (Wildman–Crippen MR) is 88.6 cm³/mol. The summed E-state index contributed by atoms with van der Waals surface area (Å²) in [6, 6.07) is 15.2. The van der Waals surface area contributed by atoms with Gasteiger partial charge >= 0.3 is 0 Å². The van der Waals surface area contributed by atoms with Crippen LogP contribution in [-0.2, 0) is 0 Å². The summed E-state index contributed by atoms with van der Waals surface area (Å²) in [6.45, 7) is 3.84. The fourth-order valence-electron chi connectivity index (χ4n) is 2.65. The highest BCUT2D eigenvalue weighted by Crippen LogP contribution is 2.29. The molecule has 0 fully saturated rings. The molecule has 0 saturated carbocycles. The van der Waals surface area contributed by atoms with Crippen LogP contribution in [0.1, 0.15) is 18.4 Å². The van der Waals surface area contributed by atoms with Gasteiger partial charge in [-0.1, -0.05) is 66.8 Å². The zero-order valence-corrected chi connectivity index (χ0v) is 11.5. The number of fused-ring (bicyclic) bond motifs is 1. The Morgan fingerprint density at radius 1 is 0.950 bits per heavy atom. The normalized spacial score (nSPS) is 13.1. The standard InChI is InChI=1S/C20H18/c1-2-3-12-20(17-9-5-6-10-17)19-14-13-16-8-4-7-11-18(16)15-19/h2,4-11,13-15H,1,3,12H2. The maximum Gasteiger partial charge on any atom is -0.0178 e. The lowest BCUT2D eigenvalue weighted by molar-refractivity contribution is 1.07. The quantitative estimate of drug-likeness (QED) is 0.618. The van der Waals surface area contributed by atoms with Gasteiger partial charge in [0.15, 0.2) is 0 Å². The highest BCUT2D eigenvalue weighted by atomic mass is 14.1. The Labute approximate surface area is 120 Å². The monoisotopic (exact) mass is 258 g/mol. The number of hydrogen-bond acceptors (Lipinski definition) is 0. The van der Waals surface area contributed by atoms with E-state index < -0.39 is 0 Å². The summed E-state index contributed by atoms with van der Waals surface area (Å²) in [4.78, 5) is 0. The molecule has 0 amide bonds. The van der Waals surface area contributed by atoms with Crippen molar-refractivity contribution in [3.8, 4) is 0 Å². The van der Waals surface area contributed by atoms with Crippen molar-refractivity contribution in [1.29, 1.82) is 0 Å². The number of benzene rings is 2. The molecule has 0 radical (unpaired) electrons. The van der Waals surface area contributed by atoms with Crippen molar-refractivity contribution < 1.29 is 0 Å². The van der Waals surface area contributed by atoms with Gasteiger partial charge in [-0.25, -0.2) is 0 Å². The van der Waals surface area contributed by atoms with E-state index in [0.29, 0.717) is 0 Å². The summed E-state index contributed by atoms with van der Waals surface area (Å²) in [5.74, 6) is 0. The van der Waals surface area contributed by atoms with Gasteiger partial charge < -0.3 is 0 Å². The van der Waals surface area contributed by atoms with Crippen LogP contribution in [0.3, 0.4) is 0 Å². The molecule has 0 spiro atoms. The summed E-state index contributed by atoms with van der Waals surface area (Å²) in [5.41, 5.74) is 4.04. The number of allylic oxidation sites excluding steroid dienone is 7. The minimum absolute atomic E-state index is 1.01. The summed E-state index contributed by atoms with van der Waals surface area (Å²) in [6.07, 6.45) is 12.6. The van der Waals surface area contributed by atoms with Gasteiger partial charge in [-0.3, -0.25) is 0 Å². The second-order valence-corrected chi connectivity index (χ2v) is 5.04. The Balaban J connectivity index is 2.09. The van der Waals surface area contributed by atoms with E-state index in [1.165, 1.54) is 27.5 Å². The minimum atomic E-state index is 1.01. The molecule has 0 bridgehead atoms. The molecule has 0 saturated heterocycles. The van der Waals surface area contributed by atoms with Gasteiger partial charge in [0, 0.05) is 0 Å². The van der Waals surface area contributed by atoms with Crippen LogP contribution < -0.4 is 0 Å². The topological polar surface area (TPSA) is 0 Å². The van der Waals surface area contributed by atoms with Crippen LogP contribution in [0.2, 0.25) is 0 Å². The average molecular weight is 258 g/mol. The summed E-state index contributed by atoms with van der Waals surface area (Å²) < 4.78 is 0. The Morgan fingerprint density at radius 2 is 1.70 bits per heavy atom. The van der Waals surface area contributed by atoms with Gasteiger partial charge in [0.05, 0.1) is 0 Å². The third kappa shape index (κ3) is 2.50. The molecule has 0 N–H and O–H groups in total. The van der Waals surface area contributed by atoms with Crippen molar-refractivity contribution in [2.24, 2.45) is 0 Å². The van der Waals surface area contributed by atoms with Crippen LogP contribution in [0.25, 0.3) is 16.3 Å². The highest BCUT2D eigenvalue weighted by molar-refractivity contribution is 5.87. The smallest absolute Gasteiger partial charge is 0.0178 e. The molecule has 2 aromatic rings. The summed E-state index contributed by atoms with van der Waals surface area (Å²) in [5, 5.41) is 2.59. The van der Waals surface area contributed by atoms with E-state index >= 15 is 0 Å². The van der Waals surface area contributed by atoms with E-state index in [1.807, 2.05) is 6.08 Å². The van der Waals surface area contributed by atoms with Gasteiger partial charge in [-0.15, -0.1) is 6.58 Å². The van der Waals surface area contributed by atoms with Crippen LogP contribution in [0.4, 0.5) is 0 Å². The molecule has 0 heteroatoms. The zero-order valence-electron chi connectivity index (χ0n) is 11.5. The van der Waals surface area contributed by atoms with Crippen LogP contribution in [0.15, 0.2) is 85.0 Å². The van der Waals surface area contributed by atoms with E-state index in [0.717, 1.165) is 12.8 Å². The fourth-order valence-corrected chi connectivity index (χ4v) is 2.65. The minimum Gasteiger partial charge on any atom is -0.103 e. The Bertz CT molecular complexity index is 713. The van der Waals surface area contributed by atoms with Crippen LogP contribution in [0, 0.1) is 0 Å². The van der Waals surface area contributed by atoms with Crippen molar-refractivity contribution in [3.63, 3.8) is 0 Å². The molecule has 0 unspecified atom stereocenters. The lowest BCUT2D eigenvalue weighted by Gasteiger charge is -2.11. The van der Waals surface area contributed by atoms with E-state index in [1.54, 1.807) is 0 Å². The maximum atomic E-state index is 3.84. The molecule has 3 rings (SSSR count). The molecule has 0 nitrogen and oxygen atoms in total. The lowest BCUT2D eigenvalue weighted by Crippen LogP contribution is -1.89. The summed E-state index contributed by atoms with van der Waals surface area (Å²) >= 11 is 0. The first-order valence-corrected chi connectivity index (χ1v) is 7.06. The van der Waals surface area contributed by atoms with E-state index in [-0.39, 0.29) is 0 Å². The largest absolute Gasteiger partial charge is 0.103 e. The maximum absolute atomic E-state index is 3.84. The Hall–Kier alpha value is -2.34. The van der Waals surface area contributed by atoms with Gasteiger partial charge in [0.2, 0.25) is 0 Å². The summed E-state index contributed by atoms with van der Waals surface area (Å²) in [7, 11) is 0. The Morgan fingerprint density at radius 3 is 2.45 bits per heavy atom. The first kappa shape index (κ1) is 12.7. The molecule has 1 aliphatic carbocycles. The second-order valence-electron chi connectivity index (χ2n) is 5.04. The zero-order chi connectivity index (χ0) is 13.8. The van der Waals surface area contributed by atoms with Crippen molar-refractivity contribution in [3.05, 3.63) is 90.6 Å². The number of rotatable bonds is 4. The van der Waals surface area contributed by atoms with Crippen molar-refractivity contribution in [1.82, 2.24) is 0 Å². The van der Waals surface area contributed by atoms with E-state index in [4.69, 9.17) is 0 Å². The van der Waals surface area contributed by atoms with Gasteiger partial charge in [0.25, 0.3) is 0 Å². The van der Waals surface area contributed by atoms with Crippen LogP contribution in [0.5, 0.6) is 0 Å².